The summed E-state index contributed by atoms with van der Waals surface area (Å²) in [7, 11) is -1.82. The molecule has 14 nitrogen and oxygen atoms in total. The van der Waals surface area contributed by atoms with Crippen molar-refractivity contribution in [3.8, 4) is 0 Å². The van der Waals surface area contributed by atoms with E-state index in [-0.39, 0.29) is 25.4 Å². The Morgan fingerprint density at radius 3 is 1.93 bits per heavy atom. The summed E-state index contributed by atoms with van der Waals surface area (Å²) < 4.78 is 5.03. The van der Waals surface area contributed by atoms with Gasteiger partial charge in [-0.25, -0.2) is 4.79 Å². The van der Waals surface area contributed by atoms with Gasteiger partial charge in [0, 0.05) is 0 Å². The summed E-state index contributed by atoms with van der Waals surface area (Å²) >= 11 is 0. The lowest BCUT2D eigenvalue weighted by Crippen LogP contribution is -2.59. The summed E-state index contributed by atoms with van der Waals surface area (Å²) in [5.41, 5.74) is 6.23. The fourth-order valence-corrected chi connectivity index (χ4v) is 3.65. The van der Waals surface area contributed by atoms with Gasteiger partial charge in [0.05, 0.1) is 19.2 Å². The zero-order valence-electron chi connectivity index (χ0n) is 22.9. The molecule has 1 aromatic rings. The molecule has 0 bridgehead atoms. The Balaban J connectivity index is 2.81. The number of aliphatic hydroxyl groups excluding tert-OH is 2. The largest absolute Gasteiger partial charge is 0.475 e. The van der Waals surface area contributed by atoms with E-state index in [1.165, 1.54) is 0 Å². The molecule has 0 aromatic heterocycles. The zero-order chi connectivity index (χ0) is 30.1. The van der Waals surface area contributed by atoms with E-state index in [0.29, 0.717) is 24.9 Å². The van der Waals surface area contributed by atoms with Crippen LogP contribution in [0.3, 0.4) is 0 Å². The second kappa shape index (κ2) is 18.9. The van der Waals surface area contributed by atoms with E-state index >= 15 is 0 Å². The van der Waals surface area contributed by atoms with Crippen molar-refractivity contribution in [3.63, 3.8) is 0 Å². The zero-order valence-corrected chi connectivity index (χ0v) is 22.9. The minimum absolute atomic E-state index is 0.0371. The minimum Gasteiger partial charge on any atom is -0.445 e. The van der Waals surface area contributed by atoms with Crippen molar-refractivity contribution in [3.05, 3.63) is 35.9 Å². The third kappa shape index (κ3) is 13.2. The van der Waals surface area contributed by atoms with Crippen molar-refractivity contribution in [2.45, 2.75) is 70.2 Å². The number of hydrogen-bond donors (Lipinski definition) is 9. The number of aliphatic hydroxyl groups is 2. The smallest absolute Gasteiger partial charge is 0.445 e. The molecule has 10 N–H and O–H groups in total. The summed E-state index contributed by atoms with van der Waals surface area (Å²) in [6.45, 7) is 2.29. The number of benzene rings is 1. The SMILES string of the molecule is CC(C)C[C@H](NC(=O)[C@H](CCCCN)NC(=O)[C@H](CO)NC(=O)[C@H](CO)NC(=O)OCc1ccccc1)B(O)O. The fraction of sp³-hybridized carbons (Fsp3) is 0.600. The van der Waals surface area contributed by atoms with Gasteiger partial charge in [0.15, 0.2) is 0 Å². The number of ether oxygens (including phenoxy) is 1. The van der Waals surface area contributed by atoms with E-state index in [0.717, 1.165) is 0 Å². The second-order valence-corrected chi connectivity index (χ2v) is 9.69. The predicted octanol–water partition coefficient (Wildman–Crippen LogP) is -2.09. The van der Waals surface area contributed by atoms with E-state index in [9.17, 15) is 39.4 Å². The molecule has 0 saturated heterocycles. The maximum Gasteiger partial charge on any atom is 0.475 e. The summed E-state index contributed by atoms with van der Waals surface area (Å²) in [5, 5.41) is 48.0. The van der Waals surface area contributed by atoms with Crippen LogP contribution >= 0.6 is 0 Å². The van der Waals surface area contributed by atoms with E-state index in [2.05, 4.69) is 21.3 Å². The molecular formula is C25H42BN5O9. The van der Waals surface area contributed by atoms with Gasteiger partial charge in [-0.05, 0) is 43.7 Å². The van der Waals surface area contributed by atoms with Crippen LogP contribution in [0.5, 0.6) is 0 Å². The normalized spacial score (nSPS) is 13.9. The number of rotatable bonds is 18. The number of hydrogen-bond acceptors (Lipinski definition) is 10. The van der Waals surface area contributed by atoms with Gasteiger partial charge in [-0.2, -0.15) is 0 Å². The highest BCUT2D eigenvalue weighted by Gasteiger charge is 2.32. The molecule has 1 aromatic carbocycles. The number of amides is 4. The molecule has 0 aliphatic carbocycles. The quantitative estimate of drug-likeness (QED) is 0.0693. The van der Waals surface area contributed by atoms with Crippen LogP contribution in [0.1, 0.15) is 45.1 Å². The van der Waals surface area contributed by atoms with Gasteiger partial charge in [0.2, 0.25) is 17.7 Å². The standard InChI is InChI=1S/C25H42BN5O9/c1-16(2)12-21(26(38)39)31-22(34)18(10-6-7-11-27)28-23(35)19(13-32)29-24(36)20(14-33)30-25(37)40-15-17-8-4-3-5-9-17/h3-5,8-9,16,18-21,32-33,38-39H,6-7,10-15,27H2,1-2H3,(H,28,35)(H,29,36)(H,30,37)(H,31,34)/t18-,19-,20-,21-/m0/s1. The third-order valence-corrected chi connectivity index (χ3v) is 5.81. The van der Waals surface area contributed by atoms with Crippen molar-refractivity contribution < 1.29 is 44.2 Å². The molecule has 0 saturated carbocycles. The number of carbonyl (C=O) groups excluding carboxylic acids is 4. The van der Waals surface area contributed by atoms with Crippen LogP contribution in [0.2, 0.25) is 0 Å². The summed E-state index contributed by atoms with van der Waals surface area (Å²) in [4.78, 5) is 50.5. The van der Waals surface area contributed by atoms with Crippen LogP contribution in [0.15, 0.2) is 30.3 Å². The highest BCUT2D eigenvalue weighted by molar-refractivity contribution is 6.43. The number of alkyl carbamates (subject to hydrolysis) is 1. The van der Waals surface area contributed by atoms with Gasteiger partial charge in [0.1, 0.15) is 24.7 Å². The Kier molecular flexibility index (Phi) is 16.5. The molecule has 40 heavy (non-hydrogen) atoms. The van der Waals surface area contributed by atoms with E-state index < -0.39 is 68.2 Å². The lowest BCUT2D eigenvalue weighted by atomic mass is 9.75. The van der Waals surface area contributed by atoms with Crippen LogP contribution < -0.4 is 27.0 Å². The van der Waals surface area contributed by atoms with Crippen LogP contribution in [-0.2, 0) is 25.7 Å². The molecule has 0 unspecified atom stereocenters. The van der Waals surface area contributed by atoms with Crippen LogP contribution in [0, 0.1) is 5.92 Å². The fourth-order valence-electron chi connectivity index (χ4n) is 3.65. The first kappa shape index (κ1) is 34.8. The van der Waals surface area contributed by atoms with Gasteiger partial charge in [-0.1, -0.05) is 44.2 Å². The van der Waals surface area contributed by atoms with Gasteiger partial charge in [-0.3, -0.25) is 14.4 Å². The average molecular weight is 567 g/mol. The van der Waals surface area contributed by atoms with Gasteiger partial charge >= 0.3 is 13.2 Å². The first-order valence-electron chi connectivity index (χ1n) is 13.2. The van der Waals surface area contributed by atoms with E-state index in [1.807, 2.05) is 13.8 Å². The number of unbranched alkanes of at least 4 members (excludes halogenated alkanes) is 1. The van der Waals surface area contributed by atoms with Crippen molar-refractivity contribution >= 4 is 30.9 Å². The topological polar surface area (TPSA) is 233 Å². The first-order chi connectivity index (χ1) is 19.0. The average Bonchev–Trinajstić information content (AvgIpc) is 2.92. The summed E-state index contributed by atoms with van der Waals surface area (Å²) in [5.74, 6) is -3.50. The summed E-state index contributed by atoms with van der Waals surface area (Å²) in [6.07, 6.45) is 0.462. The summed E-state index contributed by atoms with van der Waals surface area (Å²) in [6, 6.07) is 4.63. The number of nitrogens with one attached hydrogen (secondary N) is 4. The third-order valence-electron chi connectivity index (χ3n) is 5.81. The van der Waals surface area contributed by atoms with Crippen LogP contribution in [0.25, 0.3) is 0 Å². The van der Waals surface area contributed by atoms with Gasteiger partial charge < -0.3 is 52.0 Å². The predicted molar refractivity (Wildman–Crippen MR) is 146 cm³/mol. The molecule has 4 atom stereocenters. The number of nitrogens with two attached hydrogens (primary N) is 1. The van der Waals surface area contributed by atoms with Crippen LogP contribution in [-0.4, -0.2) is 95.0 Å². The Bertz CT molecular complexity index is 923. The highest BCUT2D eigenvalue weighted by Crippen LogP contribution is 2.08. The maximum atomic E-state index is 12.9. The molecule has 0 aliphatic heterocycles. The lowest BCUT2D eigenvalue weighted by Gasteiger charge is -2.26. The van der Waals surface area contributed by atoms with Gasteiger partial charge in [0.25, 0.3) is 0 Å². The minimum atomic E-state index is -1.82. The molecule has 224 valence electrons. The highest BCUT2D eigenvalue weighted by atomic mass is 16.5. The van der Waals surface area contributed by atoms with E-state index in [4.69, 9.17) is 10.5 Å². The first-order valence-corrected chi connectivity index (χ1v) is 13.2. The molecule has 0 radical (unpaired) electrons. The van der Waals surface area contributed by atoms with E-state index in [1.54, 1.807) is 30.3 Å². The monoisotopic (exact) mass is 567 g/mol. The molecule has 1 rings (SSSR count). The Morgan fingerprint density at radius 2 is 1.40 bits per heavy atom. The van der Waals surface area contributed by atoms with Crippen molar-refractivity contribution in [2.24, 2.45) is 11.7 Å². The van der Waals surface area contributed by atoms with Crippen LogP contribution in [0.4, 0.5) is 4.79 Å². The van der Waals surface area contributed by atoms with Crippen molar-refractivity contribution in [2.75, 3.05) is 19.8 Å². The second-order valence-electron chi connectivity index (χ2n) is 9.69. The Labute approximate surface area is 234 Å². The maximum absolute atomic E-state index is 12.9. The number of carbonyl (C=O) groups is 4. The molecule has 4 amide bonds. The lowest BCUT2D eigenvalue weighted by molar-refractivity contribution is -0.134. The van der Waals surface area contributed by atoms with Crippen molar-refractivity contribution in [1.82, 2.24) is 21.3 Å². The van der Waals surface area contributed by atoms with Gasteiger partial charge in [-0.15, -0.1) is 0 Å². The molecule has 0 heterocycles. The molecule has 0 fully saturated rings. The molecule has 15 heteroatoms. The Morgan fingerprint density at radius 1 is 0.850 bits per heavy atom. The molecule has 0 aliphatic rings. The molecule has 0 spiro atoms. The molecular weight excluding hydrogens is 525 g/mol. The Hall–Kier alpha value is -3.24. The van der Waals surface area contributed by atoms with Crippen molar-refractivity contribution in [1.29, 1.82) is 0 Å².